The van der Waals surface area contributed by atoms with E-state index in [0.29, 0.717) is 27.2 Å². The molecule has 3 aromatic carbocycles. The van der Waals surface area contributed by atoms with E-state index >= 15 is 0 Å². The van der Waals surface area contributed by atoms with Gasteiger partial charge in [-0.2, -0.15) is 0 Å². The summed E-state index contributed by atoms with van der Waals surface area (Å²) in [6, 6.07) is 16.6. The third-order valence-corrected chi connectivity index (χ3v) is 8.80. The largest absolute Gasteiger partial charge is 0.354 e. The van der Waals surface area contributed by atoms with Crippen LogP contribution in [-0.4, -0.2) is 44.3 Å². The predicted octanol–water partition coefficient (Wildman–Crippen LogP) is 6.09. The Morgan fingerprint density at radius 1 is 0.949 bits per heavy atom. The lowest BCUT2D eigenvalue weighted by molar-refractivity contribution is -0.139. The molecular weight excluding hydrogens is 581 g/mol. The minimum absolute atomic E-state index is 0.00436. The molecule has 0 heterocycles. The van der Waals surface area contributed by atoms with Gasteiger partial charge in [-0.1, -0.05) is 71.6 Å². The number of sulfonamides is 1. The highest BCUT2D eigenvalue weighted by Crippen LogP contribution is 2.28. The molecule has 0 aliphatic carbocycles. The van der Waals surface area contributed by atoms with Crippen molar-refractivity contribution in [3.63, 3.8) is 0 Å². The maximum atomic E-state index is 13.9. The minimum atomic E-state index is -4.17. The van der Waals surface area contributed by atoms with Gasteiger partial charge in [-0.05, 0) is 68.3 Å². The Morgan fingerprint density at radius 3 is 2.26 bits per heavy atom. The Labute approximate surface area is 244 Å². The molecule has 0 bridgehead atoms. The summed E-state index contributed by atoms with van der Waals surface area (Å²) in [4.78, 5) is 28.1. The fourth-order valence-corrected chi connectivity index (χ4v) is 5.72. The standard InChI is InChI=1S/C28H30Cl3N3O4S/c1-4-14-32-28(36)20(3)33(17-21-10-13-25(30)26(31)15-21)27(35)18-34(23-7-5-6-22(29)16-23)39(37,38)24-11-8-19(2)9-12-24/h5-13,15-16,20H,4,14,17-18H2,1-3H3,(H,32,36)/t20-/m0/s1. The van der Waals surface area contributed by atoms with E-state index in [1.165, 1.54) is 23.1 Å². The lowest BCUT2D eigenvalue weighted by Crippen LogP contribution is -2.51. The average molecular weight is 611 g/mol. The number of carbonyl (C=O) groups is 2. The van der Waals surface area contributed by atoms with Gasteiger partial charge in [-0.3, -0.25) is 13.9 Å². The Kier molecular flexibility index (Phi) is 10.7. The van der Waals surface area contributed by atoms with E-state index in [2.05, 4.69) is 5.32 Å². The molecule has 0 radical (unpaired) electrons. The number of aryl methyl sites for hydroxylation is 1. The van der Waals surface area contributed by atoms with Crippen LogP contribution >= 0.6 is 34.8 Å². The van der Waals surface area contributed by atoms with E-state index in [1.807, 2.05) is 13.8 Å². The molecule has 2 amide bonds. The van der Waals surface area contributed by atoms with Gasteiger partial charge in [0, 0.05) is 18.1 Å². The summed E-state index contributed by atoms with van der Waals surface area (Å²) in [6.07, 6.45) is 0.719. The molecule has 208 valence electrons. The maximum absolute atomic E-state index is 13.9. The highest BCUT2D eigenvalue weighted by molar-refractivity contribution is 7.92. The van der Waals surface area contributed by atoms with Crippen LogP contribution in [0.15, 0.2) is 71.6 Å². The van der Waals surface area contributed by atoms with Crippen LogP contribution in [0, 0.1) is 6.92 Å². The monoisotopic (exact) mass is 609 g/mol. The summed E-state index contributed by atoms with van der Waals surface area (Å²) in [6.45, 7) is 5.24. The van der Waals surface area contributed by atoms with E-state index < -0.39 is 28.5 Å². The highest BCUT2D eigenvalue weighted by atomic mass is 35.5. The predicted molar refractivity (Wildman–Crippen MR) is 157 cm³/mol. The van der Waals surface area contributed by atoms with Crippen LogP contribution in [0.2, 0.25) is 15.1 Å². The van der Waals surface area contributed by atoms with E-state index in [4.69, 9.17) is 34.8 Å². The number of amides is 2. The van der Waals surface area contributed by atoms with Gasteiger partial charge in [0.15, 0.2) is 0 Å². The highest BCUT2D eigenvalue weighted by Gasteiger charge is 2.32. The van der Waals surface area contributed by atoms with Crippen molar-refractivity contribution in [3.8, 4) is 0 Å². The number of rotatable bonds is 11. The molecular formula is C28H30Cl3N3O4S. The summed E-state index contributed by atoms with van der Waals surface area (Å²) in [5, 5.41) is 3.76. The zero-order valence-electron chi connectivity index (χ0n) is 21.8. The third-order valence-electron chi connectivity index (χ3n) is 6.04. The summed E-state index contributed by atoms with van der Waals surface area (Å²) in [5.74, 6) is -0.947. The van der Waals surface area contributed by atoms with Crippen LogP contribution in [0.25, 0.3) is 0 Å². The van der Waals surface area contributed by atoms with E-state index in [-0.39, 0.29) is 23.0 Å². The molecule has 1 N–H and O–H groups in total. The molecule has 39 heavy (non-hydrogen) atoms. The molecule has 0 aliphatic heterocycles. The first kappa shape index (κ1) is 30.8. The molecule has 0 saturated carbocycles. The van der Waals surface area contributed by atoms with Gasteiger partial charge in [0.05, 0.1) is 20.6 Å². The van der Waals surface area contributed by atoms with Crippen molar-refractivity contribution < 1.29 is 18.0 Å². The number of hydrogen-bond donors (Lipinski definition) is 1. The quantitative estimate of drug-likeness (QED) is 0.285. The van der Waals surface area contributed by atoms with Crippen LogP contribution in [-0.2, 0) is 26.2 Å². The van der Waals surface area contributed by atoms with Gasteiger partial charge in [0.2, 0.25) is 11.8 Å². The lowest BCUT2D eigenvalue weighted by Gasteiger charge is -2.32. The van der Waals surface area contributed by atoms with Gasteiger partial charge in [-0.25, -0.2) is 8.42 Å². The first-order valence-corrected chi connectivity index (χ1v) is 14.9. The molecule has 0 spiro atoms. The second-order valence-electron chi connectivity index (χ2n) is 9.04. The van der Waals surface area contributed by atoms with Crippen molar-refractivity contribution in [1.82, 2.24) is 10.2 Å². The van der Waals surface area contributed by atoms with Crippen molar-refractivity contribution in [3.05, 3.63) is 92.9 Å². The van der Waals surface area contributed by atoms with E-state index in [9.17, 15) is 18.0 Å². The van der Waals surface area contributed by atoms with Crippen molar-refractivity contribution in [2.75, 3.05) is 17.4 Å². The van der Waals surface area contributed by atoms with E-state index in [0.717, 1.165) is 16.3 Å². The summed E-state index contributed by atoms with van der Waals surface area (Å²) in [7, 11) is -4.17. The number of nitrogens with one attached hydrogen (secondary N) is 1. The Balaban J connectivity index is 2.03. The Morgan fingerprint density at radius 2 is 1.64 bits per heavy atom. The van der Waals surface area contributed by atoms with Crippen molar-refractivity contribution in [1.29, 1.82) is 0 Å². The number of carbonyl (C=O) groups excluding carboxylic acids is 2. The molecule has 3 aromatic rings. The first-order valence-electron chi connectivity index (χ1n) is 12.3. The first-order chi connectivity index (χ1) is 18.4. The summed E-state index contributed by atoms with van der Waals surface area (Å²) < 4.78 is 28.6. The fourth-order valence-electron chi connectivity index (χ4n) is 3.81. The fraction of sp³-hybridized carbons (Fsp3) is 0.286. The summed E-state index contributed by atoms with van der Waals surface area (Å²) in [5.41, 5.74) is 1.73. The van der Waals surface area contributed by atoms with E-state index in [1.54, 1.807) is 55.5 Å². The molecule has 7 nitrogen and oxygen atoms in total. The van der Waals surface area contributed by atoms with Crippen molar-refractivity contribution >= 4 is 62.3 Å². The van der Waals surface area contributed by atoms with Gasteiger partial charge in [0.25, 0.3) is 10.0 Å². The maximum Gasteiger partial charge on any atom is 0.264 e. The zero-order valence-corrected chi connectivity index (χ0v) is 24.9. The SMILES string of the molecule is CCCNC(=O)[C@H](C)N(Cc1ccc(Cl)c(Cl)c1)C(=O)CN(c1cccc(Cl)c1)S(=O)(=O)c1ccc(C)cc1. The number of nitrogens with zero attached hydrogens (tertiary/aromatic N) is 2. The number of hydrogen-bond acceptors (Lipinski definition) is 4. The van der Waals surface area contributed by atoms with Crippen LogP contribution in [0.3, 0.4) is 0 Å². The molecule has 0 fully saturated rings. The molecule has 3 rings (SSSR count). The van der Waals surface area contributed by atoms with Crippen LogP contribution in [0.5, 0.6) is 0 Å². The van der Waals surface area contributed by atoms with Gasteiger partial charge < -0.3 is 10.2 Å². The number of benzene rings is 3. The molecule has 0 aromatic heterocycles. The second-order valence-corrected chi connectivity index (χ2v) is 12.2. The summed E-state index contributed by atoms with van der Waals surface area (Å²) >= 11 is 18.4. The molecule has 0 saturated heterocycles. The van der Waals surface area contributed by atoms with Crippen molar-refractivity contribution in [2.24, 2.45) is 0 Å². The van der Waals surface area contributed by atoms with Gasteiger partial charge in [-0.15, -0.1) is 0 Å². The van der Waals surface area contributed by atoms with Crippen LogP contribution in [0.4, 0.5) is 5.69 Å². The molecule has 0 aliphatic rings. The minimum Gasteiger partial charge on any atom is -0.354 e. The molecule has 1 atom stereocenters. The van der Waals surface area contributed by atoms with Gasteiger partial charge in [0.1, 0.15) is 12.6 Å². The Bertz CT molecular complexity index is 1430. The number of anilines is 1. The Hall–Kier alpha value is -2.78. The molecule has 11 heteroatoms. The smallest absolute Gasteiger partial charge is 0.264 e. The third kappa shape index (κ3) is 7.88. The molecule has 0 unspecified atom stereocenters. The topological polar surface area (TPSA) is 86.8 Å². The second kappa shape index (κ2) is 13.5. The van der Waals surface area contributed by atoms with Gasteiger partial charge >= 0.3 is 0 Å². The van der Waals surface area contributed by atoms with Crippen molar-refractivity contribution in [2.45, 2.75) is 44.7 Å². The van der Waals surface area contributed by atoms with Crippen LogP contribution in [0.1, 0.15) is 31.4 Å². The number of halogens is 3. The normalized spacial score (nSPS) is 12.1. The van der Waals surface area contributed by atoms with Crippen LogP contribution < -0.4 is 9.62 Å². The lowest BCUT2D eigenvalue weighted by atomic mass is 10.1. The average Bonchev–Trinajstić information content (AvgIpc) is 2.90. The zero-order chi connectivity index (χ0) is 28.7.